The third-order valence-corrected chi connectivity index (χ3v) is 3.31. The van der Waals surface area contributed by atoms with Crippen LogP contribution in [0.25, 0.3) is 10.9 Å². The van der Waals surface area contributed by atoms with Crippen LogP contribution in [0.5, 0.6) is 0 Å². The van der Waals surface area contributed by atoms with E-state index < -0.39 is 11.9 Å². The van der Waals surface area contributed by atoms with Gasteiger partial charge in [-0.2, -0.15) is 0 Å². The summed E-state index contributed by atoms with van der Waals surface area (Å²) < 4.78 is 0. The first-order valence-electron chi connectivity index (χ1n) is 6.69. The molecule has 2 rings (SSSR count). The highest BCUT2D eigenvalue weighted by Crippen LogP contribution is 2.29. The summed E-state index contributed by atoms with van der Waals surface area (Å²) in [5.74, 6) is -1.45. The number of amides is 1. The number of nitrogens with zero attached hydrogens (tertiary/aromatic N) is 2. The van der Waals surface area contributed by atoms with Crippen LogP contribution in [0.15, 0.2) is 30.5 Å². The van der Waals surface area contributed by atoms with Gasteiger partial charge in [0.1, 0.15) is 0 Å². The van der Waals surface area contributed by atoms with E-state index in [0.29, 0.717) is 24.3 Å². The van der Waals surface area contributed by atoms with Crippen molar-refractivity contribution in [2.24, 2.45) is 5.73 Å². The number of para-hydroxylation sites is 1. The molecule has 2 aromatic rings. The lowest BCUT2D eigenvalue weighted by molar-refractivity contribution is -0.136. The summed E-state index contributed by atoms with van der Waals surface area (Å²) in [6.07, 6.45) is 1.44. The molecule has 0 aliphatic heterocycles. The molecular formula is C15H17N3O3. The van der Waals surface area contributed by atoms with Crippen LogP contribution in [-0.4, -0.2) is 35.1 Å². The molecule has 1 aromatic heterocycles. The maximum atomic E-state index is 11.7. The van der Waals surface area contributed by atoms with E-state index in [1.54, 1.807) is 0 Å². The van der Waals surface area contributed by atoms with Gasteiger partial charge >= 0.3 is 5.97 Å². The van der Waals surface area contributed by atoms with Gasteiger partial charge in [0.25, 0.3) is 5.91 Å². The fourth-order valence-electron chi connectivity index (χ4n) is 2.31. The van der Waals surface area contributed by atoms with Gasteiger partial charge in [-0.3, -0.25) is 14.6 Å². The maximum absolute atomic E-state index is 11.7. The standard InChI is InChI=1S/C15H17N3O3/c1-2-18(8-7-13(19)20)14-10-5-3-4-6-12(10)17-9-11(14)15(16)21/h3-6,9H,2,7-8H2,1H3,(H2,16,21)(H,19,20). The molecule has 0 radical (unpaired) electrons. The highest BCUT2D eigenvalue weighted by atomic mass is 16.4. The molecule has 0 unspecified atom stereocenters. The van der Waals surface area contributed by atoms with E-state index in [2.05, 4.69) is 4.98 Å². The number of nitrogens with two attached hydrogens (primary N) is 1. The van der Waals surface area contributed by atoms with Crippen LogP contribution in [0.3, 0.4) is 0 Å². The van der Waals surface area contributed by atoms with Crippen LogP contribution in [0, 0.1) is 0 Å². The lowest BCUT2D eigenvalue weighted by Crippen LogP contribution is -2.29. The average molecular weight is 287 g/mol. The molecule has 21 heavy (non-hydrogen) atoms. The van der Waals surface area contributed by atoms with Gasteiger partial charge in [-0.15, -0.1) is 0 Å². The van der Waals surface area contributed by atoms with E-state index in [0.717, 1.165) is 10.9 Å². The Bertz CT molecular complexity index is 685. The summed E-state index contributed by atoms with van der Waals surface area (Å²) in [5.41, 5.74) is 7.13. The number of carboxylic acid groups (broad SMARTS) is 1. The predicted molar refractivity (Wildman–Crippen MR) is 80.4 cm³/mol. The van der Waals surface area contributed by atoms with Crippen molar-refractivity contribution in [3.8, 4) is 0 Å². The van der Waals surface area contributed by atoms with E-state index >= 15 is 0 Å². The maximum Gasteiger partial charge on any atom is 0.305 e. The molecule has 1 amide bonds. The molecule has 0 bridgehead atoms. The molecule has 1 heterocycles. The van der Waals surface area contributed by atoms with Crippen LogP contribution < -0.4 is 10.6 Å². The molecule has 6 nitrogen and oxygen atoms in total. The zero-order chi connectivity index (χ0) is 15.4. The number of aliphatic carboxylic acids is 1. The van der Waals surface area contributed by atoms with Gasteiger partial charge in [0.15, 0.2) is 0 Å². The number of benzene rings is 1. The second-order valence-electron chi connectivity index (χ2n) is 4.63. The lowest BCUT2D eigenvalue weighted by atomic mass is 10.1. The Labute approximate surface area is 122 Å². The lowest BCUT2D eigenvalue weighted by Gasteiger charge is -2.25. The Hall–Kier alpha value is -2.63. The van der Waals surface area contributed by atoms with Gasteiger partial charge < -0.3 is 15.7 Å². The summed E-state index contributed by atoms with van der Waals surface area (Å²) >= 11 is 0. The number of carbonyl (C=O) groups excluding carboxylic acids is 1. The zero-order valence-electron chi connectivity index (χ0n) is 11.7. The van der Waals surface area contributed by atoms with E-state index in [9.17, 15) is 9.59 Å². The number of hydrogen-bond acceptors (Lipinski definition) is 4. The minimum absolute atomic E-state index is 0.0112. The molecule has 0 atom stereocenters. The summed E-state index contributed by atoms with van der Waals surface area (Å²) in [5, 5.41) is 9.66. The van der Waals surface area contributed by atoms with Crippen molar-refractivity contribution in [1.29, 1.82) is 0 Å². The minimum Gasteiger partial charge on any atom is -0.481 e. The fraction of sp³-hybridized carbons (Fsp3) is 0.267. The third-order valence-electron chi connectivity index (χ3n) is 3.31. The van der Waals surface area contributed by atoms with Crippen molar-refractivity contribution in [2.45, 2.75) is 13.3 Å². The average Bonchev–Trinajstić information content (AvgIpc) is 2.47. The quantitative estimate of drug-likeness (QED) is 0.841. The summed E-state index contributed by atoms with van der Waals surface area (Å²) in [6, 6.07) is 7.40. The number of carbonyl (C=O) groups is 2. The Morgan fingerprint density at radius 2 is 2.05 bits per heavy atom. The molecule has 6 heteroatoms. The Balaban J connectivity index is 2.58. The number of aromatic nitrogens is 1. The van der Waals surface area contributed by atoms with E-state index in [1.165, 1.54) is 6.20 Å². The molecule has 0 spiro atoms. The number of rotatable bonds is 6. The predicted octanol–water partition coefficient (Wildman–Crippen LogP) is 1.63. The highest BCUT2D eigenvalue weighted by molar-refractivity contribution is 6.06. The SMILES string of the molecule is CCN(CCC(=O)O)c1c(C(N)=O)cnc2ccccc12. The van der Waals surface area contributed by atoms with Gasteiger partial charge in [0.05, 0.1) is 23.2 Å². The van der Waals surface area contributed by atoms with Crippen molar-refractivity contribution in [3.05, 3.63) is 36.0 Å². The minimum atomic E-state index is -0.882. The first-order chi connectivity index (χ1) is 10.0. The number of anilines is 1. The number of carboxylic acids is 1. The van der Waals surface area contributed by atoms with Crippen LogP contribution in [0.4, 0.5) is 5.69 Å². The molecular weight excluding hydrogens is 270 g/mol. The Morgan fingerprint density at radius 3 is 2.67 bits per heavy atom. The van der Waals surface area contributed by atoms with Gasteiger partial charge in [-0.05, 0) is 13.0 Å². The van der Waals surface area contributed by atoms with Gasteiger partial charge in [-0.1, -0.05) is 18.2 Å². The summed E-state index contributed by atoms with van der Waals surface area (Å²) in [7, 11) is 0. The molecule has 0 saturated heterocycles. The highest BCUT2D eigenvalue weighted by Gasteiger charge is 2.18. The van der Waals surface area contributed by atoms with Crippen molar-refractivity contribution in [2.75, 3.05) is 18.0 Å². The largest absolute Gasteiger partial charge is 0.481 e. The van der Waals surface area contributed by atoms with Crippen LogP contribution in [-0.2, 0) is 4.79 Å². The van der Waals surface area contributed by atoms with Gasteiger partial charge in [-0.25, -0.2) is 0 Å². The Kier molecular flexibility index (Phi) is 4.37. The second kappa shape index (κ2) is 6.21. The number of primary amides is 1. The van der Waals surface area contributed by atoms with Crippen LogP contribution >= 0.6 is 0 Å². The van der Waals surface area contributed by atoms with Crippen molar-refractivity contribution in [3.63, 3.8) is 0 Å². The third kappa shape index (κ3) is 3.10. The summed E-state index contributed by atoms with van der Waals surface area (Å²) in [6.45, 7) is 2.78. The molecule has 0 aliphatic carbocycles. The van der Waals surface area contributed by atoms with E-state index in [-0.39, 0.29) is 6.42 Å². The first-order valence-corrected chi connectivity index (χ1v) is 6.69. The molecule has 1 aromatic carbocycles. The molecule has 0 aliphatic rings. The molecule has 3 N–H and O–H groups in total. The van der Waals surface area contributed by atoms with E-state index in [4.69, 9.17) is 10.8 Å². The smallest absolute Gasteiger partial charge is 0.305 e. The van der Waals surface area contributed by atoms with Gasteiger partial charge in [0.2, 0.25) is 0 Å². The van der Waals surface area contributed by atoms with E-state index in [1.807, 2.05) is 36.1 Å². The number of fused-ring (bicyclic) bond motifs is 1. The fourth-order valence-corrected chi connectivity index (χ4v) is 2.31. The first kappa shape index (κ1) is 14.8. The Morgan fingerprint density at radius 1 is 1.33 bits per heavy atom. The zero-order valence-corrected chi connectivity index (χ0v) is 11.7. The molecule has 0 fully saturated rings. The van der Waals surface area contributed by atoms with Crippen molar-refractivity contribution < 1.29 is 14.7 Å². The normalized spacial score (nSPS) is 10.5. The summed E-state index contributed by atoms with van der Waals surface area (Å²) in [4.78, 5) is 28.5. The molecule has 110 valence electrons. The topological polar surface area (TPSA) is 96.5 Å². The van der Waals surface area contributed by atoms with Gasteiger partial charge in [0, 0.05) is 24.7 Å². The number of pyridine rings is 1. The molecule has 0 saturated carbocycles. The van der Waals surface area contributed by atoms with Crippen molar-refractivity contribution >= 4 is 28.5 Å². The van der Waals surface area contributed by atoms with Crippen LogP contribution in [0.2, 0.25) is 0 Å². The number of hydrogen-bond donors (Lipinski definition) is 2. The van der Waals surface area contributed by atoms with Crippen molar-refractivity contribution in [1.82, 2.24) is 4.98 Å². The monoisotopic (exact) mass is 287 g/mol. The van der Waals surface area contributed by atoms with Crippen LogP contribution in [0.1, 0.15) is 23.7 Å². The second-order valence-corrected chi connectivity index (χ2v) is 4.63.